The molecule has 1 N–H and O–H groups in total. The Morgan fingerprint density at radius 1 is 1.26 bits per heavy atom. The summed E-state index contributed by atoms with van der Waals surface area (Å²) in [4.78, 5) is 14.7. The molecule has 6 heteroatoms. The fourth-order valence-corrected chi connectivity index (χ4v) is 3.27. The molecule has 6 nitrogen and oxygen atoms in total. The SMILES string of the molecule is COc1ccc(/C=C/C(=O)NCC(C)(C)N2CC(C)OC(C)C2)c(OC)c1. The van der Waals surface area contributed by atoms with Gasteiger partial charge in [0.15, 0.2) is 0 Å². The molecule has 2 atom stereocenters. The van der Waals surface area contributed by atoms with E-state index in [1.54, 1.807) is 26.4 Å². The summed E-state index contributed by atoms with van der Waals surface area (Å²) in [6, 6.07) is 5.49. The van der Waals surface area contributed by atoms with E-state index in [4.69, 9.17) is 14.2 Å². The van der Waals surface area contributed by atoms with Crippen molar-refractivity contribution in [2.75, 3.05) is 33.9 Å². The summed E-state index contributed by atoms with van der Waals surface area (Å²) in [5.41, 5.74) is 0.677. The van der Waals surface area contributed by atoms with Gasteiger partial charge in [0.2, 0.25) is 5.91 Å². The molecule has 1 saturated heterocycles. The second-order valence-electron chi connectivity index (χ2n) is 7.63. The summed E-state index contributed by atoms with van der Waals surface area (Å²) in [6.45, 7) is 10.8. The smallest absolute Gasteiger partial charge is 0.244 e. The topological polar surface area (TPSA) is 60.0 Å². The van der Waals surface area contributed by atoms with Gasteiger partial charge in [-0.05, 0) is 45.9 Å². The third-order valence-electron chi connectivity index (χ3n) is 4.83. The highest BCUT2D eigenvalue weighted by molar-refractivity contribution is 5.92. The summed E-state index contributed by atoms with van der Waals surface area (Å²) < 4.78 is 16.3. The molecule has 1 fully saturated rings. The minimum absolute atomic E-state index is 0.129. The van der Waals surface area contributed by atoms with E-state index in [9.17, 15) is 4.79 Å². The monoisotopic (exact) mass is 376 g/mol. The van der Waals surface area contributed by atoms with E-state index in [2.05, 4.69) is 37.9 Å². The van der Waals surface area contributed by atoms with Crippen LogP contribution in [0.25, 0.3) is 6.08 Å². The van der Waals surface area contributed by atoms with E-state index in [0.29, 0.717) is 18.0 Å². The van der Waals surface area contributed by atoms with Gasteiger partial charge in [0, 0.05) is 42.9 Å². The molecule has 0 aromatic heterocycles. The number of rotatable bonds is 7. The molecule has 1 heterocycles. The van der Waals surface area contributed by atoms with Gasteiger partial charge >= 0.3 is 0 Å². The molecule has 1 aliphatic heterocycles. The largest absolute Gasteiger partial charge is 0.497 e. The van der Waals surface area contributed by atoms with Gasteiger partial charge in [-0.2, -0.15) is 0 Å². The molecule has 1 aromatic carbocycles. The van der Waals surface area contributed by atoms with E-state index in [-0.39, 0.29) is 23.7 Å². The maximum absolute atomic E-state index is 12.3. The van der Waals surface area contributed by atoms with Crippen molar-refractivity contribution in [2.45, 2.75) is 45.4 Å². The van der Waals surface area contributed by atoms with Crippen molar-refractivity contribution < 1.29 is 19.0 Å². The molecule has 1 amide bonds. The maximum Gasteiger partial charge on any atom is 0.244 e. The van der Waals surface area contributed by atoms with Crippen molar-refractivity contribution in [1.29, 1.82) is 0 Å². The third kappa shape index (κ3) is 5.97. The van der Waals surface area contributed by atoms with Crippen LogP contribution in [0.3, 0.4) is 0 Å². The molecule has 0 bridgehead atoms. The lowest BCUT2D eigenvalue weighted by atomic mass is 10.00. The van der Waals surface area contributed by atoms with Gasteiger partial charge in [0.1, 0.15) is 11.5 Å². The molecule has 1 aliphatic rings. The van der Waals surface area contributed by atoms with Gasteiger partial charge in [0.05, 0.1) is 26.4 Å². The Hall–Kier alpha value is -2.05. The molecule has 0 saturated carbocycles. The van der Waals surface area contributed by atoms with Gasteiger partial charge < -0.3 is 19.5 Å². The highest BCUT2D eigenvalue weighted by atomic mass is 16.5. The molecular weight excluding hydrogens is 344 g/mol. The predicted octanol–water partition coefficient (Wildman–Crippen LogP) is 2.72. The first kappa shape index (κ1) is 21.3. The van der Waals surface area contributed by atoms with Gasteiger partial charge in [0.25, 0.3) is 0 Å². The minimum Gasteiger partial charge on any atom is -0.497 e. The van der Waals surface area contributed by atoms with Gasteiger partial charge in [-0.1, -0.05) is 0 Å². The van der Waals surface area contributed by atoms with Gasteiger partial charge in [-0.3, -0.25) is 9.69 Å². The van der Waals surface area contributed by atoms with Crippen LogP contribution in [0.2, 0.25) is 0 Å². The van der Waals surface area contributed by atoms with Crippen LogP contribution in [-0.2, 0) is 9.53 Å². The zero-order chi connectivity index (χ0) is 20.0. The first-order valence-electron chi connectivity index (χ1n) is 9.33. The van der Waals surface area contributed by atoms with Gasteiger partial charge in [-0.15, -0.1) is 0 Å². The number of nitrogens with zero attached hydrogens (tertiary/aromatic N) is 1. The number of nitrogens with one attached hydrogen (secondary N) is 1. The first-order chi connectivity index (χ1) is 12.7. The van der Waals surface area contributed by atoms with E-state index in [0.717, 1.165) is 18.7 Å². The standard InChI is InChI=1S/C21H32N2O4/c1-15-12-23(13-16(2)27-15)21(3,4)14-22-20(24)10-8-17-7-9-18(25-5)11-19(17)26-6/h7-11,15-16H,12-14H2,1-6H3,(H,22,24)/b10-8+. The number of amides is 1. The highest BCUT2D eigenvalue weighted by Gasteiger charge is 2.33. The Bertz CT molecular complexity index is 662. The molecule has 27 heavy (non-hydrogen) atoms. The predicted molar refractivity (Wildman–Crippen MR) is 107 cm³/mol. The first-order valence-corrected chi connectivity index (χ1v) is 9.33. The van der Waals surface area contributed by atoms with Crippen molar-refractivity contribution >= 4 is 12.0 Å². The van der Waals surface area contributed by atoms with E-state index in [1.165, 1.54) is 6.08 Å². The number of methoxy groups -OCH3 is 2. The van der Waals surface area contributed by atoms with Crippen LogP contribution < -0.4 is 14.8 Å². The quantitative estimate of drug-likeness (QED) is 0.742. The summed E-state index contributed by atoms with van der Waals surface area (Å²) in [6.07, 6.45) is 3.68. The van der Waals surface area contributed by atoms with Crippen LogP contribution in [0.15, 0.2) is 24.3 Å². The Kier molecular flexibility index (Phi) is 7.27. The number of hydrogen-bond donors (Lipinski definition) is 1. The van der Waals surface area contributed by atoms with Crippen molar-refractivity contribution in [2.24, 2.45) is 0 Å². The van der Waals surface area contributed by atoms with E-state index < -0.39 is 0 Å². The zero-order valence-corrected chi connectivity index (χ0v) is 17.2. The lowest BCUT2D eigenvalue weighted by Crippen LogP contribution is -2.58. The number of morpholine rings is 1. The van der Waals surface area contributed by atoms with Crippen molar-refractivity contribution in [3.05, 3.63) is 29.8 Å². The zero-order valence-electron chi connectivity index (χ0n) is 17.2. The summed E-state index contributed by atoms with van der Waals surface area (Å²) in [5, 5.41) is 3.01. The average molecular weight is 376 g/mol. The molecule has 0 spiro atoms. The van der Waals surface area contributed by atoms with Crippen LogP contribution in [0.1, 0.15) is 33.3 Å². The van der Waals surface area contributed by atoms with Crippen molar-refractivity contribution in [3.63, 3.8) is 0 Å². The molecule has 150 valence electrons. The second-order valence-corrected chi connectivity index (χ2v) is 7.63. The second kappa shape index (κ2) is 9.24. The minimum atomic E-state index is -0.145. The van der Waals surface area contributed by atoms with Crippen LogP contribution in [0, 0.1) is 0 Å². The molecule has 0 aliphatic carbocycles. The Morgan fingerprint density at radius 2 is 1.93 bits per heavy atom. The van der Waals surface area contributed by atoms with Crippen LogP contribution in [-0.4, -0.2) is 62.4 Å². The molecule has 1 aromatic rings. The number of carbonyl (C=O) groups excluding carboxylic acids is 1. The average Bonchev–Trinajstić information content (AvgIpc) is 2.63. The highest BCUT2D eigenvalue weighted by Crippen LogP contribution is 2.25. The Labute approximate surface area is 162 Å². The summed E-state index contributed by atoms with van der Waals surface area (Å²) in [7, 11) is 3.20. The third-order valence-corrected chi connectivity index (χ3v) is 4.83. The van der Waals surface area contributed by atoms with E-state index in [1.807, 2.05) is 12.1 Å². The maximum atomic E-state index is 12.3. The molecule has 2 rings (SSSR count). The van der Waals surface area contributed by atoms with Crippen LogP contribution >= 0.6 is 0 Å². The molecular formula is C21H32N2O4. The lowest BCUT2D eigenvalue weighted by molar-refractivity contribution is -0.118. The fourth-order valence-electron chi connectivity index (χ4n) is 3.27. The van der Waals surface area contributed by atoms with Crippen molar-refractivity contribution in [1.82, 2.24) is 10.2 Å². The molecule has 0 radical (unpaired) electrons. The Morgan fingerprint density at radius 3 is 2.52 bits per heavy atom. The van der Waals surface area contributed by atoms with Crippen LogP contribution in [0.5, 0.6) is 11.5 Å². The number of benzene rings is 1. The van der Waals surface area contributed by atoms with Crippen molar-refractivity contribution in [3.8, 4) is 11.5 Å². The molecule has 2 unspecified atom stereocenters. The van der Waals surface area contributed by atoms with Crippen LogP contribution in [0.4, 0.5) is 0 Å². The summed E-state index contributed by atoms with van der Waals surface area (Å²) >= 11 is 0. The normalized spacial score (nSPS) is 21.3. The fraction of sp³-hybridized carbons (Fsp3) is 0.571. The lowest BCUT2D eigenvalue weighted by Gasteiger charge is -2.45. The number of hydrogen-bond acceptors (Lipinski definition) is 5. The number of carbonyl (C=O) groups is 1. The van der Waals surface area contributed by atoms with Gasteiger partial charge in [-0.25, -0.2) is 0 Å². The number of ether oxygens (including phenoxy) is 3. The Balaban J connectivity index is 1.94. The van der Waals surface area contributed by atoms with E-state index >= 15 is 0 Å². The summed E-state index contributed by atoms with van der Waals surface area (Å²) in [5.74, 6) is 1.24.